The fourth-order valence-electron chi connectivity index (χ4n) is 2.36. The van der Waals surface area contributed by atoms with Gasteiger partial charge in [0.1, 0.15) is 0 Å². The van der Waals surface area contributed by atoms with Crippen molar-refractivity contribution >= 4 is 5.82 Å². The lowest BCUT2D eigenvalue weighted by molar-refractivity contribution is 0.544. The van der Waals surface area contributed by atoms with Gasteiger partial charge in [0.25, 0.3) is 0 Å². The van der Waals surface area contributed by atoms with E-state index in [1.807, 2.05) is 0 Å². The Morgan fingerprint density at radius 3 is 2.43 bits per heavy atom. The molecule has 1 aliphatic carbocycles. The molecule has 1 fully saturated rings. The minimum Gasteiger partial charge on any atom is -0.352 e. The van der Waals surface area contributed by atoms with Gasteiger partial charge in [-0.25, -0.2) is 0 Å². The predicted molar refractivity (Wildman–Crippen MR) is 88.4 cm³/mol. The van der Waals surface area contributed by atoms with Crippen molar-refractivity contribution in [1.82, 2.24) is 15.5 Å². The standard InChI is InChI=1S/C17H30N4/c1-13(2)9-10-21(16-6-7-16)17-8-5-15(19-20-17)12-18-11-14(3)4/h5,8,13-14,16,18H,6-7,9-12H2,1-4H3. The predicted octanol–water partition coefficient (Wildman–Crippen LogP) is 3.24. The molecule has 0 aliphatic heterocycles. The van der Waals surface area contributed by atoms with Gasteiger partial charge >= 0.3 is 0 Å². The second kappa shape index (κ2) is 7.74. The summed E-state index contributed by atoms with van der Waals surface area (Å²) < 4.78 is 0. The Kier molecular flexibility index (Phi) is 5.97. The molecule has 1 aromatic heterocycles. The summed E-state index contributed by atoms with van der Waals surface area (Å²) in [5.74, 6) is 2.45. The molecule has 4 nitrogen and oxygen atoms in total. The summed E-state index contributed by atoms with van der Waals surface area (Å²) >= 11 is 0. The molecular weight excluding hydrogens is 260 g/mol. The van der Waals surface area contributed by atoms with E-state index in [0.717, 1.165) is 37.1 Å². The van der Waals surface area contributed by atoms with Gasteiger partial charge in [-0.3, -0.25) is 0 Å². The zero-order valence-electron chi connectivity index (χ0n) is 14.0. The van der Waals surface area contributed by atoms with E-state index in [9.17, 15) is 0 Å². The largest absolute Gasteiger partial charge is 0.352 e. The summed E-state index contributed by atoms with van der Waals surface area (Å²) in [7, 11) is 0. The van der Waals surface area contributed by atoms with Crippen LogP contribution in [0.1, 0.15) is 52.7 Å². The number of hydrogen-bond acceptors (Lipinski definition) is 4. The van der Waals surface area contributed by atoms with Crippen LogP contribution in [-0.4, -0.2) is 29.3 Å². The van der Waals surface area contributed by atoms with Crippen LogP contribution in [-0.2, 0) is 6.54 Å². The number of nitrogens with zero attached hydrogens (tertiary/aromatic N) is 3. The highest BCUT2D eigenvalue weighted by Crippen LogP contribution is 2.30. The lowest BCUT2D eigenvalue weighted by atomic mass is 10.1. The van der Waals surface area contributed by atoms with Gasteiger partial charge in [0.2, 0.25) is 0 Å². The third-order valence-electron chi connectivity index (χ3n) is 3.79. The lowest BCUT2D eigenvalue weighted by Gasteiger charge is -2.24. The number of aromatic nitrogens is 2. The topological polar surface area (TPSA) is 41.0 Å². The zero-order valence-corrected chi connectivity index (χ0v) is 14.0. The molecule has 0 bridgehead atoms. The number of hydrogen-bond donors (Lipinski definition) is 1. The third kappa shape index (κ3) is 5.62. The minimum atomic E-state index is 0.665. The van der Waals surface area contributed by atoms with Gasteiger partial charge in [0.05, 0.1) is 5.69 Å². The van der Waals surface area contributed by atoms with Crippen LogP contribution in [0.3, 0.4) is 0 Å². The first kappa shape index (κ1) is 16.2. The number of rotatable bonds is 9. The summed E-state index contributed by atoms with van der Waals surface area (Å²) in [6.07, 6.45) is 3.82. The Labute approximate surface area is 129 Å². The molecule has 1 heterocycles. The lowest BCUT2D eigenvalue weighted by Crippen LogP contribution is -2.29. The first-order valence-electron chi connectivity index (χ1n) is 8.36. The Bertz CT molecular complexity index is 409. The van der Waals surface area contributed by atoms with Gasteiger partial charge in [0, 0.05) is 19.1 Å². The third-order valence-corrected chi connectivity index (χ3v) is 3.79. The van der Waals surface area contributed by atoms with Gasteiger partial charge in [-0.15, -0.1) is 5.10 Å². The van der Waals surface area contributed by atoms with Gasteiger partial charge in [0.15, 0.2) is 5.82 Å². The molecule has 0 saturated heterocycles. The molecule has 0 amide bonds. The summed E-state index contributed by atoms with van der Waals surface area (Å²) in [6.45, 7) is 11.9. The van der Waals surface area contributed by atoms with Crippen LogP contribution in [0.4, 0.5) is 5.82 Å². The number of anilines is 1. The van der Waals surface area contributed by atoms with E-state index in [0.29, 0.717) is 12.0 Å². The maximum Gasteiger partial charge on any atom is 0.151 e. The summed E-state index contributed by atoms with van der Waals surface area (Å²) in [5.41, 5.74) is 1.03. The van der Waals surface area contributed by atoms with Crippen molar-refractivity contribution in [3.63, 3.8) is 0 Å². The molecule has 2 rings (SSSR count). The zero-order chi connectivity index (χ0) is 15.2. The molecule has 0 atom stereocenters. The molecule has 4 heteroatoms. The van der Waals surface area contributed by atoms with Crippen molar-refractivity contribution in [2.75, 3.05) is 18.0 Å². The van der Waals surface area contributed by atoms with Crippen LogP contribution in [0.5, 0.6) is 0 Å². The monoisotopic (exact) mass is 290 g/mol. The normalized spacial score (nSPS) is 15.0. The average Bonchev–Trinajstić information content (AvgIpc) is 3.24. The SMILES string of the molecule is CC(C)CCN(c1ccc(CNCC(C)C)nn1)C1CC1. The Morgan fingerprint density at radius 2 is 1.90 bits per heavy atom. The maximum atomic E-state index is 4.45. The molecule has 1 saturated carbocycles. The van der Waals surface area contributed by atoms with Gasteiger partial charge in [-0.05, 0) is 49.8 Å². The van der Waals surface area contributed by atoms with Crippen LogP contribution >= 0.6 is 0 Å². The summed E-state index contributed by atoms with van der Waals surface area (Å²) in [5, 5.41) is 12.2. The van der Waals surface area contributed by atoms with E-state index in [2.05, 4.69) is 60.2 Å². The van der Waals surface area contributed by atoms with Gasteiger partial charge < -0.3 is 10.2 Å². The number of nitrogens with one attached hydrogen (secondary N) is 1. The van der Waals surface area contributed by atoms with E-state index >= 15 is 0 Å². The highest BCUT2D eigenvalue weighted by molar-refractivity contribution is 5.40. The minimum absolute atomic E-state index is 0.665. The second-order valence-electron chi connectivity index (χ2n) is 7.01. The quantitative estimate of drug-likeness (QED) is 0.758. The fourth-order valence-corrected chi connectivity index (χ4v) is 2.36. The van der Waals surface area contributed by atoms with Gasteiger partial charge in [-0.2, -0.15) is 5.10 Å². The molecule has 118 valence electrons. The second-order valence-corrected chi connectivity index (χ2v) is 7.01. The summed E-state index contributed by atoms with van der Waals surface area (Å²) in [4.78, 5) is 2.44. The van der Waals surface area contributed by atoms with Crippen LogP contribution < -0.4 is 10.2 Å². The molecule has 1 aromatic rings. The van der Waals surface area contributed by atoms with Crippen molar-refractivity contribution in [3.05, 3.63) is 17.8 Å². The average molecular weight is 290 g/mol. The molecule has 0 radical (unpaired) electrons. The van der Waals surface area contributed by atoms with Crippen LogP contribution in [0.2, 0.25) is 0 Å². The van der Waals surface area contributed by atoms with Crippen molar-refractivity contribution in [2.24, 2.45) is 11.8 Å². The Hall–Kier alpha value is -1.16. The molecule has 0 aromatic carbocycles. The van der Waals surface area contributed by atoms with E-state index in [1.54, 1.807) is 0 Å². The molecule has 1 N–H and O–H groups in total. The van der Waals surface area contributed by atoms with Crippen LogP contribution in [0.15, 0.2) is 12.1 Å². The van der Waals surface area contributed by atoms with Crippen molar-refractivity contribution in [2.45, 2.75) is 59.5 Å². The molecule has 1 aliphatic rings. The Morgan fingerprint density at radius 1 is 1.14 bits per heavy atom. The maximum absolute atomic E-state index is 4.45. The van der Waals surface area contributed by atoms with Crippen molar-refractivity contribution in [1.29, 1.82) is 0 Å². The first-order chi connectivity index (χ1) is 10.1. The molecule has 21 heavy (non-hydrogen) atoms. The summed E-state index contributed by atoms with van der Waals surface area (Å²) in [6, 6.07) is 4.95. The van der Waals surface area contributed by atoms with E-state index in [-0.39, 0.29) is 0 Å². The molecule has 0 spiro atoms. The first-order valence-corrected chi connectivity index (χ1v) is 8.36. The molecule has 0 unspecified atom stereocenters. The van der Waals surface area contributed by atoms with E-state index in [4.69, 9.17) is 0 Å². The molecular formula is C17H30N4. The van der Waals surface area contributed by atoms with Crippen LogP contribution in [0, 0.1) is 11.8 Å². The van der Waals surface area contributed by atoms with Gasteiger partial charge in [-0.1, -0.05) is 27.7 Å². The van der Waals surface area contributed by atoms with E-state index < -0.39 is 0 Å². The highest BCUT2D eigenvalue weighted by Gasteiger charge is 2.29. The highest BCUT2D eigenvalue weighted by atomic mass is 15.3. The van der Waals surface area contributed by atoms with Crippen molar-refractivity contribution in [3.8, 4) is 0 Å². The van der Waals surface area contributed by atoms with Crippen LogP contribution in [0.25, 0.3) is 0 Å². The van der Waals surface area contributed by atoms with E-state index in [1.165, 1.54) is 19.3 Å². The fraction of sp³-hybridized carbons (Fsp3) is 0.765. The Balaban J connectivity index is 1.89. The van der Waals surface area contributed by atoms with Crippen molar-refractivity contribution < 1.29 is 0 Å². The smallest absolute Gasteiger partial charge is 0.151 e.